The second-order valence-corrected chi connectivity index (χ2v) is 6.44. The molecule has 0 radical (unpaired) electrons. The summed E-state index contributed by atoms with van der Waals surface area (Å²) in [5.74, 6) is 0. The van der Waals surface area contributed by atoms with Crippen LogP contribution >= 0.6 is 11.6 Å². The predicted molar refractivity (Wildman–Crippen MR) is 88.9 cm³/mol. The number of ether oxygens (including phenoxy) is 1. The molecule has 1 aromatic heterocycles. The molecule has 5 heteroatoms. The molecule has 23 heavy (non-hydrogen) atoms. The van der Waals surface area contributed by atoms with Crippen LogP contribution in [0.15, 0.2) is 43.0 Å². The Morgan fingerprint density at radius 2 is 2.09 bits per heavy atom. The molecule has 1 heterocycles. The molecular formula is C18H20ClN3O. The molecule has 3 rings (SSSR count). The fourth-order valence-electron chi connectivity index (χ4n) is 3.20. The standard InChI is InChI=1S/C18H20ClN3O/c19-17-9-5-4-8-16(17)18(12-20,13-22-11-10-21-14-22)23-15-6-2-1-3-7-15/h4-5,8-11,14-15H,1-3,6-7,13H2. The van der Waals surface area contributed by atoms with E-state index in [-0.39, 0.29) is 6.10 Å². The second-order valence-electron chi connectivity index (χ2n) is 6.03. The number of rotatable bonds is 5. The van der Waals surface area contributed by atoms with Crippen LogP contribution < -0.4 is 0 Å². The van der Waals surface area contributed by atoms with Gasteiger partial charge in [0.1, 0.15) is 6.07 Å². The van der Waals surface area contributed by atoms with Gasteiger partial charge in [-0.1, -0.05) is 49.1 Å². The highest BCUT2D eigenvalue weighted by atomic mass is 35.5. The van der Waals surface area contributed by atoms with Crippen LogP contribution in [0.2, 0.25) is 5.02 Å². The van der Waals surface area contributed by atoms with Crippen molar-refractivity contribution in [2.24, 2.45) is 0 Å². The zero-order valence-electron chi connectivity index (χ0n) is 13.0. The van der Waals surface area contributed by atoms with Gasteiger partial charge in [-0.25, -0.2) is 4.98 Å². The van der Waals surface area contributed by atoms with Gasteiger partial charge >= 0.3 is 0 Å². The lowest BCUT2D eigenvalue weighted by atomic mass is 9.92. The molecule has 1 unspecified atom stereocenters. The Labute approximate surface area is 141 Å². The van der Waals surface area contributed by atoms with Crippen LogP contribution in [0.5, 0.6) is 0 Å². The van der Waals surface area contributed by atoms with Gasteiger partial charge in [0.2, 0.25) is 0 Å². The Hall–Kier alpha value is -1.83. The summed E-state index contributed by atoms with van der Waals surface area (Å²) in [6.07, 6.45) is 10.9. The smallest absolute Gasteiger partial charge is 0.199 e. The van der Waals surface area contributed by atoms with Crippen molar-refractivity contribution in [1.29, 1.82) is 5.26 Å². The summed E-state index contributed by atoms with van der Waals surface area (Å²) in [5, 5.41) is 10.6. The third kappa shape index (κ3) is 3.57. The van der Waals surface area contributed by atoms with Gasteiger partial charge in [0.05, 0.1) is 19.0 Å². The molecule has 1 aliphatic rings. The van der Waals surface area contributed by atoms with Gasteiger partial charge in [-0.05, 0) is 18.9 Å². The van der Waals surface area contributed by atoms with Gasteiger partial charge < -0.3 is 9.30 Å². The highest BCUT2D eigenvalue weighted by molar-refractivity contribution is 6.31. The van der Waals surface area contributed by atoms with Crippen molar-refractivity contribution in [3.63, 3.8) is 0 Å². The van der Waals surface area contributed by atoms with Crippen molar-refractivity contribution in [3.05, 3.63) is 53.6 Å². The maximum atomic E-state index is 10.0. The highest BCUT2D eigenvalue weighted by Crippen LogP contribution is 2.36. The van der Waals surface area contributed by atoms with Gasteiger partial charge in [-0.2, -0.15) is 5.26 Å². The quantitative estimate of drug-likeness (QED) is 0.821. The summed E-state index contributed by atoms with van der Waals surface area (Å²) < 4.78 is 8.24. The van der Waals surface area contributed by atoms with Crippen molar-refractivity contribution in [2.75, 3.05) is 0 Å². The van der Waals surface area contributed by atoms with Crippen LogP contribution in [0.4, 0.5) is 0 Å². The normalized spacial score (nSPS) is 18.3. The Kier molecular flexibility index (Phi) is 5.00. The molecule has 1 aliphatic carbocycles. The molecule has 0 spiro atoms. The molecular weight excluding hydrogens is 310 g/mol. The van der Waals surface area contributed by atoms with Crippen molar-refractivity contribution in [2.45, 2.75) is 50.4 Å². The summed E-state index contributed by atoms with van der Waals surface area (Å²) >= 11 is 6.39. The molecule has 0 amide bonds. The maximum Gasteiger partial charge on any atom is 0.199 e. The summed E-state index contributed by atoms with van der Waals surface area (Å²) in [6.45, 7) is 0.379. The van der Waals surface area contributed by atoms with Crippen LogP contribution in [-0.4, -0.2) is 15.7 Å². The van der Waals surface area contributed by atoms with Crippen LogP contribution in [0.1, 0.15) is 37.7 Å². The zero-order valence-corrected chi connectivity index (χ0v) is 13.7. The summed E-state index contributed by atoms with van der Waals surface area (Å²) in [7, 11) is 0. The number of benzene rings is 1. The Bertz CT molecular complexity index is 674. The van der Waals surface area contributed by atoms with Crippen molar-refractivity contribution >= 4 is 11.6 Å². The lowest BCUT2D eigenvalue weighted by Gasteiger charge is -2.34. The van der Waals surface area contributed by atoms with Crippen LogP contribution in [0.25, 0.3) is 0 Å². The molecule has 120 valence electrons. The van der Waals surface area contributed by atoms with Gasteiger partial charge in [0, 0.05) is 23.0 Å². The average molecular weight is 330 g/mol. The Morgan fingerprint density at radius 3 is 2.74 bits per heavy atom. The minimum absolute atomic E-state index is 0.100. The number of nitriles is 1. The van der Waals surface area contributed by atoms with Gasteiger partial charge in [0.25, 0.3) is 0 Å². The van der Waals surface area contributed by atoms with E-state index in [0.717, 1.165) is 31.2 Å². The molecule has 4 nitrogen and oxygen atoms in total. The Morgan fingerprint density at radius 1 is 1.30 bits per heavy atom. The summed E-state index contributed by atoms with van der Waals surface area (Å²) in [5.41, 5.74) is -0.371. The third-order valence-corrected chi connectivity index (χ3v) is 4.70. The minimum atomic E-state index is -1.10. The van der Waals surface area contributed by atoms with Crippen LogP contribution in [0.3, 0.4) is 0 Å². The van der Waals surface area contributed by atoms with E-state index in [0.29, 0.717) is 11.6 Å². The number of aromatic nitrogens is 2. The van der Waals surface area contributed by atoms with Crippen LogP contribution in [0, 0.1) is 11.3 Å². The van der Waals surface area contributed by atoms with Crippen molar-refractivity contribution < 1.29 is 4.74 Å². The monoisotopic (exact) mass is 329 g/mol. The van der Waals surface area contributed by atoms with E-state index in [1.807, 2.05) is 29.0 Å². The topological polar surface area (TPSA) is 50.8 Å². The highest BCUT2D eigenvalue weighted by Gasteiger charge is 2.38. The largest absolute Gasteiger partial charge is 0.351 e. The van der Waals surface area contributed by atoms with E-state index in [9.17, 15) is 5.26 Å². The van der Waals surface area contributed by atoms with Crippen molar-refractivity contribution in [3.8, 4) is 6.07 Å². The SMILES string of the molecule is N#CC(Cn1ccnc1)(OC1CCCCC1)c1ccccc1Cl. The van der Waals surface area contributed by atoms with Crippen molar-refractivity contribution in [1.82, 2.24) is 9.55 Å². The first-order chi connectivity index (χ1) is 11.2. The number of imidazole rings is 1. The lowest BCUT2D eigenvalue weighted by molar-refractivity contribution is -0.0853. The molecule has 0 N–H and O–H groups in total. The third-order valence-electron chi connectivity index (χ3n) is 4.37. The number of hydrogen-bond acceptors (Lipinski definition) is 3. The molecule has 0 saturated heterocycles. The molecule has 1 aromatic carbocycles. The molecule has 1 saturated carbocycles. The molecule has 0 bridgehead atoms. The molecule has 1 fully saturated rings. The second kappa shape index (κ2) is 7.16. The fourth-order valence-corrected chi connectivity index (χ4v) is 3.49. The van der Waals surface area contributed by atoms with E-state index < -0.39 is 5.60 Å². The zero-order chi connectivity index (χ0) is 16.1. The van der Waals surface area contributed by atoms with E-state index in [1.165, 1.54) is 6.42 Å². The average Bonchev–Trinajstić information content (AvgIpc) is 3.08. The summed E-state index contributed by atoms with van der Waals surface area (Å²) in [6, 6.07) is 9.85. The molecule has 2 aromatic rings. The number of hydrogen-bond donors (Lipinski definition) is 0. The first kappa shape index (κ1) is 16.0. The minimum Gasteiger partial charge on any atom is -0.351 e. The first-order valence-corrected chi connectivity index (χ1v) is 8.41. The molecule has 1 atom stereocenters. The maximum absolute atomic E-state index is 10.0. The Balaban J connectivity index is 1.96. The molecule has 0 aliphatic heterocycles. The first-order valence-electron chi connectivity index (χ1n) is 8.03. The van der Waals surface area contributed by atoms with E-state index in [1.54, 1.807) is 18.6 Å². The lowest BCUT2D eigenvalue weighted by Crippen LogP contribution is -2.38. The van der Waals surface area contributed by atoms with E-state index >= 15 is 0 Å². The van der Waals surface area contributed by atoms with E-state index in [2.05, 4.69) is 11.1 Å². The van der Waals surface area contributed by atoms with E-state index in [4.69, 9.17) is 16.3 Å². The van der Waals surface area contributed by atoms with Gasteiger partial charge in [-0.15, -0.1) is 0 Å². The van der Waals surface area contributed by atoms with Gasteiger partial charge in [0.15, 0.2) is 5.60 Å². The fraction of sp³-hybridized carbons (Fsp3) is 0.444. The van der Waals surface area contributed by atoms with Gasteiger partial charge in [-0.3, -0.25) is 0 Å². The predicted octanol–water partition coefficient (Wildman–Crippen LogP) is 4.30. The van der Waals surface area contributed by atoms with Crippen LogP contribution in [-0.2, 0) is 16.9 Å². The number of halogens is 1. The number of nitrogens with zero attached hydrogens (tertiary/aromatic N) is 3. The summed E-state index contributed by atoms with van der Waals surface area (Å²) in [4.78, 5) is 4.07.